The van der Waals surface area contributed by atoms with Gasteiger partial charge in [0.1, 0.15) is 5.82 Å². The molecule has 1 unspecified atom stereocenters. The SMILES string of the molecule is C#Cc1ccc(N2C(=C)CCC2C)cc1F. The van der Waals surface area contributed by atoms with Gasteiger partial charge in [0.15, 0.2) is 0 Å². The quantitative estimate of drug-likeness (QED) is 0.650. The van der Waals surface area contributed by atoms with Gasteiger partial charge in [0.25, 0.3) is 0 Å². The van der Waals surface area contributed by atoms with Crippen LogP contribution in [-0.2, 0) is 0 Å². The number of hydrogen-bond acceptors (Lipinski definition) is 1. The maximum absolute atomic E-state index is 13.6. The predicted molar refractivity (Wildman–Crippen MR) is 64.7 cm³/mol. The first kappa shape index (κ1) is 10.8. The van der Waals surface area contributed by atoms with Gasteiger partial charge in [0.2, 0.25) is 0 Å². The van der Waals surface area contributed by atoms with Crippen LogP contribution in [0, 0.1) is 18.2 Å². The van der Waals surface area contributed by atoms with Crippen LogP contribution in [0.4, 0.5) is 10.1 Å². The average Bonchev–Trinajstić information content (AvgIpc) is 2.58. The Morgan fingerprint density at radius 2 is 2.31 bits per heavy atom. The minimum atomic E-state index is -0.341. The van der Waals surface area contributed by atoms with Gasteiger partial charge in [-0.25, -0.2) is 4.39 Å². The molecule has 0 N–H and O–H groups in total. The molecule has 1 atom stereocenters. The van der Waals surface area contributed by atoms with Crippen molar-refractivity contribution >= 4 is 5.69 Å². The van der Waals surface area contributed by atoms with Gasteiger partial charge >= 0.3 is 0 Å². The van der Waals surface area contributed by atoms with Crippen molar-refractivity contribution in [3.8, 4) is 12.3 Å². The summed E-state index contributed by atoms with van der Waals surface area (Å²) < 4.78 is 13.6. The summed E-state index contributed by atoms with van der Waals surface area (Å²) in [5.41, 5.74) is 2.19. The first-order chi connectivity index (χ1) is 7.63. The van der Waals surface area contributed by atoms with Gasteiger partial charge in [-0.3, -0.25) is 0 Å². The molecule has 82 valence electrons. The standard InChI is InChI=1S/C14H14FN/c1-4-12-7-8-13(9-14(12)15)16-10(2)5-6-11(16)3/h1,7-9,11H,2,5-6H2,3H3. The number of anilines is 1. The van der Waals surface area contributed by atoms with Crippen LogP contribution in [0.3, 0.4) is 0 Å². The van der Waals surface area contributed by atoms with E-state index in [2.05, 4.69) is 24.3 Å². The van der Waals surface area contributed by atoms with E-state index in [4.69, 9.17) is 6.42 Å². The topological polar surface area (TPSA) is 3.24 Å². The first-order valence-corrected chi connectivity index (χ1v) is 5.36. The normalized spacial score (nSPS) is 19.9. The Kier molecular flexibility index (Phi) is 2.70. The largest absolute Gasteiger partial charge is 0.343 e. The van der Waals surface area contributed by atoms with E-state index in [1.165, 1.54) is 6.07 Å². The molecule has 0 aromatic heterocycles. The summed E-state index contributed by atoms with van der Waals surface area (Å²) >= 11 is 0. The summed E-state index contributed by atoms with van der Waals surface area (Å²) in [6, 6.07) is 5.36. The van der Waals surface area contributed by atoms with Crippen LogP contribution >= 0.6 is 0 Å². The summed E-state index contributed by atoms with van der Waals surface area (Å²) in [7, 11) is 0. The van der Waals surface area contributed by atoms with Crippen LogP contribution in [0.25, 0.3) is 0 Å². The molecule has 16 heavy (non-hydrogen) atoms. The maximum atomic E-state index is 13.6. The fourth-order valence-corrected chi connectivity index (χ4v) is 2.14. The lowest BCUT2D eigenvalue weighted by Crippen LogP contribution is -2.24. The van der Waals surface area contributed by atoms with Crippen LogP contribution in [-0.4, -0.2) is 6.04 Å². The molecule has 0 bridgehead atoms. The molecule has 1 aliphatic heterocycles. The highest BCUT2D eigenvalue weighted by molar-refractivity contribution is 5.56. The Labute approximate surface area is 95.6 Å². The zero-order chi connectivity index (χ0) is 11.7. The minimum absolute atomic E-state index is 0.307. The van der Waals surface area contributed by atoms with Crippen molar-refractivity contribution in [2.24, 2.45) is 0 Å². The minimum Gasteiger partial charge on any atom is -0.343 e. The van der Waals surface area contributed by atoms with E-state index in [1.54, 1.807) is 6.07 Å². The van der Waals surface area contributed by atoms with E-state index in [0.717, 1.165) is 24.2 Å². The number of benzene rings is 1. The Balaban J connectivity index is 2.38. The highest BCUT2D eigenvalue weighted by Crippen LogP contribution is 2.32. The Hall–Kier alpha value is -1.75. The van der Waals surface area contributed by atoms with Crippen LogP contribution in [0.15, 0.2) is 30.5 Å². The van der Waals surface area contributed by atoms with Crippen LogP contribution in [0.2, 0.25) is 0 Å². The Bertz CT molecular complexity index is 470. The lowest BCUT2D eigenvalue weighted by Gasteiger charge is -2.25. The zero-order valence-electron chi connectivity index (χ0n) is 9.33. The van der Waals surface area contributed by atoms with Gasteiger partial charge in [-0.1, -0.05) is 12.5 Å². The molecule has 0 aliphatic carbocycles. The monoisotopic (exact) mass is 215 g/mol. The Morgan fingerprint density at radius 1 is 1.56 bits per heavy atom. The second kappa shape index (κ2) is 4.02. The van der Waals surface area contributed by atoms with E-state index in [-0.39, 0.29) is 5.82 Å². The molecule has 1 aromatic carbocycles. The number of allylic oxidation sites excluding steroid dienone is 1. The van der Waals surface area contributed by atoms with Crippen molar-refractivity contribution < 1.29 is 4.39 Å². The molecule has 1 fully saturated rings. The lowest BCUT2D eigenvalue weighted by molar-refractivity contribution is 0.623. The van der Waals surface area contributed by atoms with Crippen molar-refractivity contribution in [3.63, 3.8) is 0 Å². The van der Waals surface area contributed by atoms with Crippen LogP contribution < -0.4 is 4.90 Å². The van der Waals surface area contributed by atoms with Crippen LogP contribution in [0.5, 0.6) is 0 Å². The molecular weight excluding hydrogens is 201 g/mol. The molecule has 1 saturated heterocycles. The fraction of sp³-hybridized carbons (Fsp3) is 0.286. The molecule has 2 heteroatoms. The number of rotatable bonds is 1. The molecule has 1 nitrogen and oxygen atoms in total. The predicted octanol–water partition coefficient (Wildman–Crippen LogP) is 3.31. The fourth-order valence-electron chi connectivity index (χ4n) is 2.14. The van der Waals surface area contributed by atoms with E-state index in [9.17, 15) is 4.39 Å². The van der Waals surface area contributed by atoms with E-state index < -0.39 is 0 Å². The molecule has 0 saturated carbocycles. The molecule has 1 aliphatic rings. The average molecular weight is 215 g/mol. The third-order valence-corrected chi connectivity index (χ3v) is 3.02. The van der Waals surface area contributed by atoms with Crippen molar-refractivity contribution in [1.29, 1.82) is 0 Å². The second-order valence-electron chi connectivity index (χ2n) is 4.13. The van der Waals surface area contributed by atoms with Crippen molar-refractivity contribution in [3.05, 3.63) is 41.9 Å². The number of halogens is 1. The van der Waals surface area contributed by atoms with Crippen molar-refractivity contribution in [2.75, 3.05) is 4.90 Å². The molecule has 1 aromatic rings. The summed E-state index contributed by atoms with van der Waals surface area (Å²) in [4.78, 5) is 2.07. The third kappa shape index (κ3) is 1.69. The van der Waals surface area contributed by atoms with Crippen LogP contribution in [0.1, 0.15) is 25.3 Å². The number of nitrogens with zero attached hydrogens (tertiary/aromatic N) is 1. The van der Waals surface area contributed by atoms with Gasteiger partial charge < -0.3 is 4.90 Å². The molecule has 0 amide bonds. The molecular formula is C14H14FN. The van der Waals surface area contributed by atoms with E-state index in [1.807, 2.05) is 6.07 Å². The molecule has 2 rings (SSSR count). The second-order valence-corrected chi connectivity index (χ2v) is 4.13. The molecule has 0 spiro atoms. The number of terminal acetylenes is 1. The number of hydrogen-bond donors (Lipinski definition) is 0. The van der Waals surface area contributed by atoms with Crippen molar-refractivity contribution in [1.82, 2.24) is 0 Å². The van der Waals surface area contributed by atoms with Gasteiger partial charge in [0.05, 0.1) is 5.56 Å². The van der Waals surface area contributed by atoms with Crippen molar-refractivity contribution in [2.45, 2.75) is 25.8 Å². The summed E-state index contributed by atoms with van der Waals surface area (Å²) in [5, 5.41) is 0. The van der Waals surface area contributed by atoms with E-state index in [0.29, 0.717) is 11.6 Å². The smallest absolute Gasteiger partial charge is 0.140 e. The van der Waals surface area contributed by atoms with Gasteiger partial charge in [0, 0.05) is 17.4 Å². The highest BCUT2D eigenvalue weighted by atomic mass is 19.1. The summed E-state index contributed by atoms with van der Waals surface area (Å²) in [6.45, 7) is 6.11. The summed E-state index contributed by atoms with van der Waals surface area (Å²) in [5.74, 6) is 1.98. The van der Waals surface area contributed by atoms with E-state index >= 15 is 0 Å². The third-order valence-electron chi connectivity index (χ3n) is 3.02. The first-order valence-electron chi connectivity index (χ1n) is 5.36. The molecule has 1 heterocycles. The lowest BCUT2D eigenvalue weighted by atomic mass is 10.1. The summed E-state index contributed by atoms with van der Waals surface area (Å²) in [6.07, 6.45) is 7.23. The highest BCUT2D eigenvalue weighted by Gasteiger charge is 2.24. The van der Waals surface area contributed by atoms with Gasteiger partial charge in [-0.15, -0.1) is 6.42 Å². The Morgan fingerprint density at radius 3 is 2.81 bits per heavy atom. The zero-order valence-corrected chi connectivity index (χ0v) is 9.33. The maximum Gasteiger partial charge on any atom is 0.140 e. The van der Waals surface area contributed by atoms with Gasteiger partial charge in [-0.2, -0.15) is 0 Å². The van der Waals surface area contributed by atoms with Gasteiger partial charge in [-0.05, 0) is 38.0 Å². The molecule has 0 radical (unpaired) electrons.